The minimum absolute atomic E-state index is 0.127. The lowest BCUT2D eigenvalue weighted by Crippen LogP contribution is -2.30. The Bertz CT molecular complexity index is 470. The highest BCUT2D eigenvalue weighted by atomic mass is 32.1. The molecule has 1 rings (SSSR count). The smallest absolute Gasteiger partial charge is 0.263 e. The third kappa shape index (κ3) is 5.42. The summed E-state index contributed by atoms with van der Waals surface area (Å²) in [6, 6.07) is 1.91. The molecule has 0 aliphatic rings. The molecule has 0 aromatic carbocycles. The highest BCUT2D eigenvalue weighted by Gasteiger charge is 2.18. The quantitative estimate of drug-likeness (QED) is 0.724. The average Bonchev–Trinajstić information content (AvgIpc) is 2.76. The summed E-state index contributed by atoms with van der Waals surface area (Å²) in [5.74, 6) is 0.993. The molecule has 0 radical (unpaired) electrons. The number of thiophene rings is 1. The van der Waals surface area contributed by atoms with Crippen LogP contribution in [0.3, 0.4) is 0 Å². The van der Waals surface area contributed by atoms with E-state index in [-0.39, 0.29) is 5.91 Å². The molecule has 118 valence electrons. The van der Waals surface area contributed by atoms with Gasteiger partial charge in [0, 0.05) is 19.6 Å². The van der Waals surface area contributed by atoms with E-state index in [4.69, 9.17) is 5.73 Å². The number of hydrogen-bond donors (Lipinski definition) is 2. The van der Waals surface area contributed by atoms with Crippen LogP contribution in [0.1, 0.15) is 37.4 Å². The minimum atomic E-state index is -0.127. The second kappa shape index (κ2) is 8.08. The van der Waals surface area contributed by atoms with Gasteiger partial charge in [0.25, 0.3) is 5.91 Å². The van der Waals surface area contributed by atoms with Crippen molar-refractivity contribution in [3.63, 3.8) is 0 Å². The van der Waals surface area contributed by atoms with Crippen molar-refractivity contribution in [1.82, 2.24) is 5.32 Å². The van der Waals surface area contributed by atoms with E-state index in [9.17, 15) is 4.79 Å². The van der Waals surface area contributed by atoms with Gasteiger partial charge in [-0.1, -0.05) is 33.8 Å². The SMILES string of the molecule is C=CCNC(=O)c1sc(N(CC(C)C)CC(C)C)cc1N. The van der Waals surface area contributed by atoms with Crippen LogP contribution in [0, 0.1) is 11.8 Å². The van der Waals surface area contributed by atoms with E-state index in [1.165, 1.54) is 11.3 Å². The van der Waals surface area contributed by atoms with E-state index >= 15 is 0 Å². The summed E-state index contributed by atoms with van der Waals surface area (Å²) in [6.45, 7) is 14.8. The number of rotatable bonds is 8. The molecule has 3 N–H and O–H groups in total. The second-order valence-electron chi connectivity index (χ2n) is 6.06. The second-order valence-corrected chi connectivity index (χ2v) is 7.09. The summed E-state index contributed by atoms with van der Waals surface area (Å²) in [5.41, 5.74) is 6.56. The van der Waals surface area contributed by atoms with Gasteiger partial charge in [-0.2, -0.15) is 0 Å². The van der Waals surface area contributed by atoms with E-state index in [1.807, 2.05) is 6.07 Å². The van der Waals surface area contributed by atoms with Gasteiger partial charge in [-0.25, -0.2) is 0 Å². The van der Waals surface area contributed by atoms with Gasteiger partial charge >= 0.3 is 0 Å². The van der Waals surface area contributed by atoms with Gasteiger partial charge in [-0.3, -0.25) is 4.79 Å². The molecule has 0 fully saturated rings. The summed E-state index contributed by atoms with van der Waals surface area (Å²) in [4.78, 5) is 15.0. The van der Waals surface area contributed by atoms with Crippen LogP contribution in [0.15, 0.2) is 18.7 Å². The van der Waals surface area contributed by atoms with Gasteiger partial charge < -0.3 is 16.0 Å². The summed E-state index contributed by atoms with van der Waals surface area (Å²) in [6.07, 6.45) is 1.66. The number of carbonyl (C=O) groups is 1. The highest BCUT2D eigenvalue weighted by Crippen LogP contribution is 2.33. The number of nitrogens with zero attached hydrogens (tertiary/aromatic N) is 1. The van der Waals surface area contributed by atoms with Crippen molar-refractivity contribution >= 4 is 27.9 Å². The lowest BCUT2D eigenvalue weighted by Gasteiger charge is -2.26. The van der Waals surface area contributed by atoms with Crippen molar-refractivity contribution in [2.45, 2.75) is 27.7 Å². The van der Waals surface area contributed by atoms with Crippen molar-refractivity contribution in [3.8, 4) is 0 Å². The van der Waals surface area contributed by atoms with Crippen molar-refractivity contribution < 1.29 is 4.79 Å². The molecule has 4 nitrogen and oxygen atoms in total. The Labute approximate surface area is 132 Å². The Hall–Kier alpha value is -1.49. The molecular weight excluding hydrogens is 282 g/mol. The Morgan fingerprint density at radius 1 is 1.38 bits per heavy atom. The number of carbonyl (C=O) groups excluding carboxylic acids is 1. The van der Waals surface area contributed by atoms with Crippen molar-refractivity contribution in [2.75, 3.05) is 30.3 Å². The van der Waals surface area contributed by atoms with Gasteiger partial charge in [0.1, 0.15) is 4.88 Å². The average molecular weight is 309 g/mol. The molecule has 5 heteroatoms. The van der Waals surface area contributed by atoms with Crippen LogP contribution >= 0.6 is 11.3 Å². The summed E-state index contributed by atoms with van der Waals surface area (Å²) in [7, 11) is 0. The number of nitrogens with one attached hydrogen (secondary N) is 1. The largest absolute Gasteiger partial charge is 0.397 e. The number of hydrogen-bond acceptors (Lipinski definition) is 4. The van der Waals surface area contributed by atoms with Gasteiger partial charge in [0.15, 0.2) is 0 Å². The normalized spacial score (nSPS) is 11.0. The zero-order valence-corrected chi connectivity index (χ0v) is 14.3. The first kappa shape index (κ1) is 17.6. The maximum atomic E-state index is 12.1. The molecule has 0 bridgehead atoms. The monoisotopic (exact) mass is 309 g/mol. The van der Waals surface area contributed by atoms with Crippen LogP contribution < -0.4 is 16.0 Å². The van der Waals surface area contributed by atoms with Crippen LogP contribution in [0.4, 0.5) is 10.7 Å². The number of anilines is 2. The Kier molecular flexibility index (Phi) is 6.75. The Morgan fingerprint density at radius 3 is 2.43 bits per heavy atom. The molecule has 0 aliphatic carbocycles. The van der Waals surface area contributed by atoms with Gasteiger partial charge in [0.2, 0.25) is 0 Å². The fourth-order valence-corrected chi connectivity index (χ4v) is 3.12. The van der Waals surface area contributed by atoms with E-state index in [0.29, 0.717) is 28.9 Å². The Balaban J connectivity index is 2.94. The first-order valence-corrected chi connectivity index (χ1v) is 8.20. The van der Waals surface area contributed by atoms with Crippen molar-refractivity contribution in [1.29, 1.82) is 0 Å². The fourth-order valence-electron chi connectivity index (χ4n) is 2.11. The molecular formula is C16H27N3OS. The van der Waals surface area contributed by atoms with E-state index in [2.05, 4.69) is 44.5 Å². The molecule has 1 aromatic heterocycles. The zero-order chi connectivity index (χ0) is 16.0. The molecule has 1 amide bonds. The van der Waals surface area contributed by atoms with Crippen LogP contribution in [0.25, 0.3) is 0 Å². The molecule has 0 unspecified atom stereocenters. The number of nitrogen functional groups attached to an aromatic ring is 1. The molecule has 0 aliphatic heterocycles. The molecule has 21 heavy (non-hydrogen) atoms. The minimum Gasteiger partial charge on any atom is -0.397 e. The predicted molar refractivity (Wildman–Crippen MR) is 93.2 cm³/mol. The van der Waals surface area contributed by atoms with Crippen LogP contribution in [-0.2, 0) is 0 Å². The third-order valence-corrected chi connectivity index (χ3v) is 4.05. The topological polar surface area (TPSA) is 58.4 Å². The summed E-state index contributed by atoms with van der Waals surface area (Å²) in [5, 5.41) is 3.85. The molecule has 0 atom stereocenters. The maximum Gasteiger partial charge on any atom is 0.263 e. The first-order valence-electron chi connectivity index (χ1n) is 7.38. The van der Waals surface area contributed by atoms with Crippen LogP contribution in [0.2, 0.25) is 0 Å². The molecule has 1 aromatic rings. The molecule has 0 saturated carbocycles. The van der Waals surface area contributed by atoms with E-state index < -0.39 is 0 Å². The van der Waals surface area contributed by atoms with E-state index in [0.717, 1.165) is 18.1 Å². The Morgan fingerprint density at radius 2 is 1.95 bits per heavy atom. The van der Waals surface area contributed by atoms with E-state index in [1.54, 1.807) is 6.08 Å². The van der Waals surface area contributed by atoms with Gasteiger partial charge in [-0.15, -0.1) is 17.9 Å². The molecule has 1 heterocycles. The maximum absolute atomic E-state index is 12.1. The predicted octanol–water partition coefficient (Wildman–Crippen LogP) is 3.36. The molecule has 0 saturated heterocycles. The fraction of sp³-hybridized carbons (Fsp3) is 0.562. The van der Waals surface area contributed by atoms with Gasteiger partial charge in [0.05, 0.1) is 10.7 Å². The lowest BCUT2D eigenvalue weighted by molar-refractivity contribution is 0.0963. The summed E-state index contributed by atoms with van der Waals surface area (Å²) >= 11 is 1.46. The lowest BCUT2D eigenvalue weighted by atomic mass is 10.1. The van der Waals surface area contributed by atoms with Crippen molar-refractivity contribution in [3.05, 3.63) is 23.6 Å². The van der Waals surface area contributed by atoms with Crippen molar-refractivity contribution in [2.24, 2.45) is 11.8 Å². The summed E-state index contributed by atoms with van der Waals surface area (Å²) < 4.78 is 0. The standard InChI is InChI=1S/C16H27N3OS/c1-6-7-18-16(20)15-13(17)8-14(21-15)19(9-11(2)3)10-12(4)5/h6,8,11-12H,1,7,9-10,17H2,2-5H3,(H,18,20). The number of amides is 1. The van der Waals surface area contributed by atoms with Gasteiger partial charge in [-0.05, 0) is 17.9 Å². The third-order valence-electron chi connectivity index (χ3n) is 2.84. The zero-order valence-electron chi connectivity index (χ0n) is 13.5. The first-order chi connectivity index (χ1) is 9.85. The highest BCUT2D eigenvalue weighted by molar-refractivity contribution is 7.18. The number of nitrogens with two attached hydrogens (primary N) is 1. The molecule has 0 spiro atoms. The van der Waals surface area contributed by atoms with Crippen LogP contribution in [-0.4, -0.2) is 25.5 Å². The van der Waals surface area contributed by atoms with Crippen LogP contribution in [0.5, 0.6) is 0 Å².